The van der Waals surface area contributed by atoms with Crippen LogP contribution in [-0.2, 0) is 5.41 Å². The van der Waals surface area contributed by atoms with Crippen LogP contribution < -0.4 is 0 Å². The highest BCUT2D eigenvalue weighted by molar-refractivity contribution is 6.23. The van der Waals surface area contributed by atoms with Crippen molar-refractivity contribution < 1.29 is 0 Å². The van der Waals surface area contributed by atoms with Crippen molar-refractivity contribution in [1.29, 1.82) is 0 Å². The summed E-state index contributed by atoms with van der Waals surface area (Å²) in [6.07, 6.45) is 0. The minimum absolute atomic E-state index is 0.396. The van der Waals surface area contributed by atoms with Gasteiger partial charge in [0.05, 0.1) is 16.8 Å². The smallest absolute Gasteiger partial charge is 0.160 e. The molecule has 0 aliphatic heterocycles. The second-order valence-electron chi connectivity index (χ2n) is 17.5. The summed E-state index contributed by atoms with van der Waals surface area (Å²) in [4.78, 5) is 10.8. The zero-order valence-corrected chi connectivity index (χ0v) is 35.3. The highest BCUT2D eigenvalue weighted by Gasteiger charge is 2.51. The third-order valence-corrected chi connectivity index (χ3v) is 14.3. The van der Waals surface area contributed by atoms with Crippen LogP contribution in [0.25, 0.3) is 110 Å². The molecule has 2 aliphatic carbocycles. The van der Waals surface area contributed by atoms with Crippen LogP contribution in [0.4, 0.5) is 0 Å². The first-order valence-corrected chi connectivity index (χ1v) is 22.5. The Bertz CT molecular complexity index is 3910. The number of fused-ring (bicyclic) bond motifs is 15. The molecule has 0 radical (unpaired) electrons. The number of benzene rings is 11. The van der Waals surface area contributed by atoms with E-state index in [1.54, 1.807) is 0 Å². The van der Waals surface area contributed by atoms with E-state index in [-0.39, 0.29) is 0 Å². The van der Waals surface area contributed by atoms with Gasteiger partial charge in [0.15, 0.2) is 5.82 Å². The number of rotatable bonds is 4. The van der Waals surface area contributed by atoms with E-state index in [0.29, 0.717) is 5.82 Å². The van der Waals surface area contributed by atoms with E-state index in [2.05, 4.69) is 224 Å². The number of nitrogens with zero attached hydrogens (tertiary/aromatic N) is 2. The van der Waals surface area contributed by atoms with Gasteiger partial charge in [-0.1, -0.05) is 212 Å². The molecule has 0 unspecified atom stereocenters. The first-order chi connectivity index (χ1) is 32.2. The fourth-order valence-corrected chi connectivity index (χ4v) is 11.6. The number of hydrogen-bond acceptors (Lipinski definition) is 2. The van der Waals surface area contributed by atoms with Gasteiger partial charge in [-0.2, -0.15) is 0 Å². The molecule has 0 fully saturated rings. The van der Waals surface area contributed by atoms with Crippen LogP contribution in [0.15, 0.2) is 231 Å². The molecule has 11 aromatic carbocycles. The minimum atomic E-state index is -0.396. The lowest BCUT2D eigenvalue weighted by Gasteiger charge is -2.30. The average Bonchev–Trinajstić information content (AvgIpc) is 3.85. The molecule has 2 heteroatoms. The Hall–Kier alpha value is -8.46. The van der Waals surface area contributed by atoms with E-state index in [4.69, 9.17) is 9.97 Å². The van der Waals surface area contributed by atoms with Gasteiger partial charge in [0.2, 0.25) is 0 Å². The molecule has 65 heavy (non-hydrogen) atoms. The Morgan fingerprint density at radius 2 is 0.800 bits per heavy atom. The van der Waals surface area contributed by atoms with Gasteiger partial charge in [-0.25, -0.2) is 9.97 Å². The molecular formula is C63H38N2. The summed E-state index contributed by atoms with van der Waals surface area (Å²) < 4.78 is 0. The third kappa shape index (κ3) is 5.11. The maximum atomic E-state index is 5.39. The predicted octanol–water partition coefficient (Wildman–Crippen LogP) is 16.1. The molecule has 0 saturated heterocycles. The van der Waals surface area contributed by atoms with Gasteiger partial charge in [-0.15, -0.1) is 0 Å². The average molecular weight is 823 g/mol. The summed E-state index contributed by atoms with van der Waals surface area (Å²) in [6, 6.07) is 84.5. The number of hydrogen-bond donors (Lipinski definition) is 0. The monoisotopic (exact) mass is 822 g/mol. The molecule has 300 valence electrons. The Morgan fingerprint density at radius 1 is 0.262 bits per heavy atom. The van der Waals surface area contributed by atoms with Crippen molar-refractivity contribution in [2.75, 3.05) is 0 Å². The SMILES string of the molecule is c1ccc(-c2nc(-c3ccc4c(c3)-c3ccccc3C43c4ccccc4-c4ccccc43)cc(-c3ccc(-c4c5ccccc5cc5c4ccc4ccccc45)c4ccccc34)n2)cc1. The summed E-state index contributed by atoms with van der Waals surface area (Å²) in [5.41, 5.74) is 17.4. The standard InChI is InChI=1S/C63H38N2/c1-2-17-40(18-3-1)62-64-59(42-31-35-58-54(37-42)49-26-12-15-29-57(49)63(58)55-27-13-10-24-47(55)48-25-11-14-28-56(48)63)38-60(65-62)50-33-34-51(46-23-9-8-22-45(46)50)61-44-21-7-5-19-41(44)36-53-43-20-6-4-16-39(43)30-32-52(53)61/h1-38H. The molecular weight excluding hydrogens is 785 g/mol. The van der Waals surface area contributed by atoms with Crippen LogP contribution in [0, 0.1) is 0 Å². The maximum Gasteiger partial charge on any atom is 0.160 e. The molecule has 0 atom stereocenters. The molecule has 1 spiro atoms. The third-order valence-electron chi connectivity index (χ3n) is 14.3. The summed E-state index contributed by atoms with van der Waals surface area (Å²) in [5.74, 6) is 0.703. The van der Waals surface area contributed by atoms with Crippen molar-refractivity contribution in [3.63, 3.8) is 0 Å². The molecule has 0 saturated carbocycles. The predicted molar refractivity (Wildman–Crippen MR) is 270 cm³/mol. The van der Waals surface area contributed by atoms with Gasteiger partial charge >= 0.3 is 0 Å². The first kappa shape index (κ1) is 36.1. The minimum Gasteiger partial charge on any atom is -0.228 e. The van der Waals surface area contributed by atoms with Crippen molar-refractivity contribution in [2.45, 2.75) is 5.41 Å². The van der Waals surface area contributed by atoms with E-state index in [9.17, 15) is 0 Å². The lowest BCUT2D eigenvalue weighted by Crippen LogP contribution is -2.25. The lowest BCUT2D eigenvalue weighted by atomic mass is 9.70. The second kappa shape index (κ2) is 13.8. The van der Waals surface area contributed by atoms with E-state index in [0.717, 1.165) is 33.5 Å². The Balaban J connectivity index is 0.985. The fourth-order valence-electron chi connectivity index (χ4n) is 11.6. The van der Waals surface area contributed by atoms with Crippen molar-refractivity contribution in [1.82, 2.24) is 9.97 Å². The summed E-state index contributed by atoms with van der Waals surface area (Å²) >= 11 is 0. The van der Waals surface area contributed by atoms with Crippen LogP contribution >= 0.6 is 0 Å². The Kier molecular flexibility index (Phi) is 7.64. The van der Waals surface area contributed by atoms with Gasteiger partial charge < -0.3 is 0 Å². The van der Waals surface area contributed by atoms with Gasteiger partial charge in [0.1, 0.15) is 0 Å². The summed E-state index contributed by atoms with van der Waals surface area (Å²) in [5, 5.41) is 9.85. The zero-order chi connectivity index (χ0) is 42.6. The Morgan fingerprint density at radius 3 is 1.52 bits per heavy atom. The number of aromatic nitrogens is 2. The zero-order valence-electron chi connectivity index (χ0n) is 35.3. The molecule has 0 amide bonds. The molecule has 0 N–H and O–H groups in total. The van der Waals surface area contributed by atoms with Gasteiger partial charge in [0, 0.05) is 16.7 Å². The highest BCUT2D eigenvalue weighted by Crippen LogP contribution is 2.63. The fraction of sp³-hybridized carbons (Fsp3) is 0.0159. The topological polar surface area (TPSA) is 25.8 Å². The normalized spacial score (nSPS) is 13.0. The summed E-state index contributed by atoms with van der Waals surface area (Å²) in [7, 11) is 0. The first-order valence-electron chi connectivity index (χ1n) is 22.5. The molecule has 2 nitrogen and oxygen atoms in total. The van der Waals surface area contributed by atoms with Crippen LogP contribution in [0.5, 0.6) is 0 Å². The van der Waals surface area contributed by atoms with Crippen LogP contribution in [-0.4, -0.2) is 9.97 Å². The van der Waals surface area contributed by atoms with Gasteiger partial charge in [-0.3, -0.25) is 0 Å². The van der Waals surface area contributed by atoms with Gasteiger partial charge in [-0.05, 0) is 117 Å². The van der Waals surface area contributed by atoms with Gasteiger partial charge in [0.25, 0.3) is 0 Å². The lowest BCUT2D eigenvalue weighted by molar-refractivity contribution is 0.794. The van der Waals surface area contributed by atoms with E-state index >= 15 is 0 Å². The van der Waals surface area contributed by atoms with Crippen LogP contribution in [0.2, 0.25) is 0 Å². The molecule has 1 aromatic heterocycles. The van der Waals surface area contributed by atoms with Crippen molar-refractivity contribution >= 4 is 43.1 Å². The largest absolute Gasteiger partial charge is 0.228 e. The highest BCUT2D eigenvalue weighted by atomic mass is 14.9. The van der Waals surface area contributed by atoms with Crippen LogP contribution in [0.1, 0.15) is 22.3 Å². The van der Waals surface area contributed by atoms with Crippen LogP contribution in [0.3, 0.4) is 0 Å². The Labute approximate surface area is 376 Å². The van der Waals surface area contributed by atoms with Crippen molar-refractivity contribution in [2.24, 2.45) is 0 Å². The van der Waals surface area contributed by atoms with E-state index < -0.39 is 5.41 Å². The maximum absolute atomic E-state index is 5.39. The molecule has 2 aliphatic rings. The molecule has 0 bridgehead atoms. The molecule has 14 rings (SSSR count). The second-order valence-corrected chi connectivity index (χ2v) is 17.5. The molecule has 12 aromatic rings. The quantitative estimate of drug-likeness (QED) is 0.131. The summed E-state index contributed by atoms with van der Waals surface area (Å²) in [6.45, 7) is 0. The van der Waals surface area contributed by atoms with Crippen molar-refractivity contribution in [3.05, 3.63) is 253 Å². The van der Waals surface area contributed by atoms with E-state index in [1.165, 1.54) is 93.3 Å². The van der Waals surface area contributed by atoms with E-state index in [1.807, 2.05) is 6.07 Å². The van der Waals surface area contributed by atoms with Crippen molar-refractivity contribution in [3.8, 4) is 67.3 Å². The molecule has 1 heterocycles.